The fourth-order valence-electron chi connectivity index (χ4n) is 2.31. The van der Waals surface area contributed by atoms with Gasteiger partial charge in [0.25, 0.3) is 0 Å². The van der Waals surface area contributed by atoms with Gasteiger partial charge < -0.3 is 4.74 Å². The van der Waals surface area contributed by atoms with Gasteiger partial charge in [0.1, 0.15) is 10.7 Å². The summed E-state index contributed by atoms with van der Waals surface area (Å²) in [5.74, 6) is 0.437. The summed E-state index contributed by atoms with van der Waals surface area (Å²) in [5.41, 5.74) is 0. The van der Waals surface area contributed by atoms with Crippen LogP contribution in [0.1, 0.15) is 12.4 Å². The molecule has 3 heterocycles. The van der Waals surface area contributed by atoms with E-state index in [-0.39, 0.29) is 16.5 Å². The summed E-state index contributed by atoms with van der Waals surface area (Å²) in [5, 5.41) is 0.532. The number of pyridine rings is 1. The maximum Gasteiger partial charge on any atom is 0.319 e. The number of imidazole rings is 1. The molecular formula is C14H16F2N4O3S2. The molecule has 0 spiro atoms. The Balaban J connectivity index is 1.67. The molecule has 0 radical (unpaired) electrons. The average Bonchev–Trinajstić information content (AvgIpc) is 3.10. The predicted octanol–water partition coefficient (Wildman–Crippen LogP) is 1.99. The van der Waals surface area contributed by atoms with Crippen molar-refractivity contribution in [2.24, 2.45) is 0 Å². The lowest BCUT2D eigenvalue weighted by Gasteiger charge is -2.25. The smallest absolute Gasteiger partial charge is 0.319 e. The molecule has 0 aliphatic carbocycles. The van der Waals surface area contributed by atoms with Gasteiger partial charge >= 0.3 is 6.55 Å². The van der Waals surface area contributed by atoms with E-state index >= 15 is 0 Å². The lowest BCUT2D eigenvalue weighted by Crippen LogP contribution is -2.40. The number of alkyl halides is 2. The Labute approximate surface area is 148 Å². The number of sulfonamides is 1. The Morgan fingerprint density at radius 2 is 2.00 bits per heavy atom. The Morgan fingerprint density at radius 3 is 2.64 bits per heavy atom. The van der Waals surface area contributed by atoms with Crippen molar-refractivity contribution in [2.45, 2.75) is 22.2 Å². The topological polar surface area (TPSA) is 77.3 Å². The highest BCUT2D eigenvalue weighted by Gasteiger charge is 2.26. The van der Waals surface area contributed by atoms with Gasteiger partial charge in [-0.15, -0.1) is 0 Å². The van der Waals surface area contributed by atoms with Crippen LogP contribution in [0.4, 0.5) is 8.78 Å². The van der Waals surface area contributed by atoms with E-state index < -0.39 is 16.6 Å². The lowest BCUT2D eigenvalue weighted by molar-refractivity contribution is 0.0678. The van der Waals surface area contributed by atoms with Crippen molar-refractivity contribution >= 4 is 21.8 Å². The van der Waals surface area contributed by atoms with Crippen LogP contribution in [-0.2, 0) is 20.5 Å². The molecule has 0 unspecified atom stereocenters. The van der Waals surface area contributed by atoms with Crippen LogP contribution in [-0.4, -0.2) is 53.6 Å². The second-order valence-corrected chi connectivity index (χ2v) is 8.10. The van der Waals surface area contributed by atoms with Crippen molar-refractivity contribution in [1.82, 2.24) is 18.8 Å². The van der Waals surface area contributed by atoms with Gasteiger partial charge in [-0.1, -0.05) is 11.8 Å². The third-order valence-electron chi connectivity index (χ3n) is 3.63. The summed E-state index contributed by atoms with van der Waals surface area (Å²) >= 11 is 1.21. The van der Waals surface area contributed by atoms with Gasteiger partial charge in [0, 0.05) is 31.7 Å². The van der Waals surface area contributed by atoms with Crippen LogP contribution in [0.2, 0.25) is 0 Å². The van der Waals surface area contributed by atoms with Crippen LogP contribution in [0.25, 0.3) is 0 Å². The second-order valence-electron chi connectivity index (χ2n) is 5.17. The van der Waals surface area contributed by atoms with E-state index in [2.05, 4.69) is 9.97 Å². The van der Waals surface area contributed by atoms with E-state index in [0.29, 0.717) is 31.3 Å². The zero-order valence-electron chi connectivity index (χ0n) is 13.1. The molecule has 3 rings (SSSR count). The molecule has 25 heavy (non-hydrogen) atoms. The number of rotatable bonds is 6. The van der Waals surface area contributed by atoms with Crippen molar-refractivity contribution in [3.8, 4) is 0 Å². The van der Waals surface area contributed by atoms with Crippen molar-refractivity contribution < 1.29 is 21.9 Å². The van der Waals surface area contributed by atoms with E-state index in [1.54, 1.807) is 6.07 Å². The summed E-state index contributed by atoms with van der Waals surface area (Å²) in [7, 11) is -3.59. The first-order valence-electron chi connectivity index (χ1n) is 7.45. The second kappa shape index (κ2) is 7.77. The highest BCUT2D eigenvalue weighted by atomic mass is 32.2. The molecule has 1 aliphatic rings. The minimum Gasteiger partial charge on any atom is -0.379 e. The molecule has 0 aromatic carbocycles. The van der Waals surface area contributed by atoms with Gasteiger partial charge in [0.2, 0.25) is 10.0 Å². The SMILES string of the molecule is O=S(=O)(c1ccc(SCc2nccn2C(F)F)nc1)N1CCOCC1. The molecule has 0 bridgehead atoms. The van der Waals surface area contributed by atoms with Crippen molar-refractivity contribution in [2.75, 3.05) is 26.3 Å². The fraction of sp³-hybridized carbons (Fsp3) is 0.429. The molecule has 11 heteroatoms. The minimum absolute atomic E-state index is 0.104. The number of aromatic nitrogens is 3. The molecule has 7 nitrogen and oxygen atoms in total. The third kappa shape index (κ3) is 4.17. The zero-order chi connectivity index (χ0) is 17.9. The van der Waals surface area contributed by atoms with E-state index in [4.69, 9.17) is 4.74 Å². The lowest BCUT2D eigenvalue weighted by atomic mass is 10.5. The number of morpholine rings is 1. The fourth-order valence-corrected chi connectivity index (χ4v) is 4.46. The molecule has 2 aromatic rings. The van der Waals surface area contributed by atoms with Gasteiger partial charge in [-0.25, -0.2) is 18.4 Å². The van der Waals surface area contributed by atoms with Crippen LogP contribution < -0.4 is 0 Å². The summed E-state index contributed by atoms with van der Waals surface area (Å²) in [6, 6.07) is 3.04. The van der Waals surface area contributed by atoms with Crippen molar-refractivity contribution in [3.63, 3.8) is 0 Å². The summed E-state index contributed by atoms with van der Waals surface area (Å²) in [6.07, 6.45) is 3.81. The van der Waals surface area contributed by atoms with Gasteiger partial charge in [-0.05, 0) is 12.1 Å². The van der Waals surface area contributed by atoms with Crippen LogP contribution in [0.5, 0.6) is 0 Å². The molecule has 0 saturated carbocycles. The van der Waals surface area contributed by atoms with E-state index in [9.17, 15) is 17.2 Å². The molecule has 2 aromatic heterocycles. The van der Waals surface area contributed by atoms with Gasteiger partial charge in [-0.2, -0.15) is 13.1 Å². The number of thioether (sulfide) groups is 1. The Hall–Kier alpha value is -1.56. The van der Waals surface area contributed by atoms with Crippen LogP contribution in [0.3, 0.4) is 0 Å². The Bertz CT molecular complexity index is 806. The number of hydrogen-bond donors (Lipinski definition) is 0. The molecule has 1 aliphatic heterocycles. The first kappa shape index (κ1) is 18.2. The van der Waals surface area contributed by atoms with Crippen molar-refractivity contribution in [3.05, 3.63) is 36.5 Å². The number of nitrogens with zero attached hydrogens (tertiary/aromatic N) is 4. The first-order chi connectivity index (χ1) is 12.0. The minimum atomic E-state index is -3.59. The number of hydrogen-bond acceptors (Lipinski definition) is 6. The maximum absolute atomic E-state index is 12.8. The van der Waals surface area contributed by atoms with Crippen LogP contribution in [0, 0.1) is 0 Å². The number of ether oxygens (including phenoxy) is 1. The maximum atomic E-state index is 12.8. The zero-order valence-corrected chi connectivity index (χ0v) is 14.7. The summed E-state index contributed by atoms with van der Waals surface area (Å²) in [4.78, 5) is 8.11. The summed E-state index contributed by atoms with van der Waals surface area (Å²) < 4.78 is 57.8. The molecule has 0 N–H and O–H groups in total. The highest BCUT2D eigenvalue weighted by Crippen LogP contribution is 2.24. The van der Waals surface area contributed by atoms with E-state index in [1.165, 1.54) is 40.7 Å². The van der Waals surface area contributed by atoms with Gasteiger partial charge in [0.05, 0.1) is 24.0 Å². The van der Waals surface area contributed by atoms with Crippen molar-refractivity contribution in [1.29, 1.82) is 0 Å². The highest BCUT2D eigenvalue weighted by molar-refractivity contribution is 7.98. The molecule has 1 saturated heterocycles. The van der Waals surface area contributed by atoms with Crippen LogP contribution >= 0.6 is 11.8 Å². The average molecular weight is 390 g/mol. The normalized spacial score (nSPS) is 16.4. The quantitative estimate of drug-likeness (QED) is 0.702. The molecular weight excluding hydrogens is 374 g/mol. The molecule has 1 fully saturated rings. The standard InChI is InChI=1S/C14H16F2N4O3S2/c15-14(16)20-4-3-17-12(20)10-24-13-2-1-11(9-18-13)25(21,22)19-5-7-23-8-6-19/h1-4,9,14H,5-8,10H2. The molecule has 136 valence electrons. The Kier molecular flexibility index (Phi) is 5.67. The van der Waals surface area contributed by atoms with E-state index in [0.717, 1.165) is 4.57 Å². The van der Waals surface area contributed by atoms with Gasteiger partial charge in [-0.3, -0.25) is 4.57 Å². The largest absolute Gasteiger partial charge is 0.379 e. The summed E-state index contributed by atoms with van der Waals surface area (Å²) in [6.45, 7) is -1.27. The number of halogens is 2. The third-order valence-corrected chi connectivity index (χ3v) is 6.45. The monoisotopic (exact) mass is 390 g/mol. The predicted molar refractivity (Wildman–Crippen MR) is 86.9 cm³/mol. The first-order valence-corrected chi connectivity index (χ1v) is 9.87. The Morgan fingerprint density at radius 1 is 1.24 bits per heavy atom. The van der Waals surface area contributed by atoms with Crippen LogP contribution in [0.15, 0.2) is 40.6 Å². The molecule has 0 amide bonds. The molecule has 0 atom stereocenters. The van der Waals surface area contributed by atoms with Gasteiger partial charge in [0.15, 0.2) is 0 Å². The van der Waals surface area contributed by atoms with E-state index in [1.807, 2.05) is 0 Å².